The van der Waals surface area contributed by atoms with E-state index in [1.165, 1.54) is 16.1 Å². The highest BCUT2D eigenvalue weighted by molar-refractivity contribution is 7.18. The van der Waals surface area contributed by atoms with E-state index in [1.54, 1.807) is 30.7 Å². The maximum atomic E-state index is 12.8. The number of amides is 1. The number of carbonyl (C=O) groups is 1. The molecule has 35 heavy (non-hydrogen) atoms. The summed E-state index contributed by atoms with van der Waals surface area (Å²) < 4.78 is 2.70. The van der Waals surface area contributed by atoms with Gasteiger partial charge in [-0.25, -0.2) is 9.97 Å². The lowest BCUT2D eigenvalue weighted by molar-refractivity contribution is 0.0400. The highest BCUT2D eigenvalue weighted by atomic mass is 35.5. The van der Waals surface area contributed by atoms with Crippen molar-refractivity contribution in [3.63, 3.8) is 0 Å². The lowest BCUT2D eigenvalue weighted by atomic mass is 9.86. The smallest absolute Gasteiger partial charge is 0.261 e. The highest BCUT2D eigenvalue weighted by Gasteiger charge is 2.36. The van der Waals surface area contributed by atoms with Crippen molar-refractivity contribution in [2.45, 2.75) is 64.6 Å². The van der Waals surface area contributed by atoms with Gasteiger partial charge in [0.05, 0.1) is 51.5 Å². The normalized spacial score (nSPS) is 20.9. The second-order valence-corrected chi connectivity index (χ2v) is 11.9. The molecule has 0 spiro atoms. The fourth-order valence-corrected chi connectivity index (χ4v) is 5.67. The van der Waals surface area contributed by atoms with E-state index >= 15 is 0 Å². The van der Waals surface area contributed by atoms with Crippen molar-refractivity contribution in [3.8, 4) is 5.82 Å². The van der Waals surface area contributed by atoms with Crippen LogP contribution in [0.5, 0.6) is 0 Å². The number of hydrogen-bond acceptors (Lipinski definition) is 7. The molecule has 1 amide bonds. The van der Waals surface area contributed by atoms with Gasteiger partial charge in [-0.1, -0.05) is 32.4 Å². The molecule has 0 aliphatic heterocycles. The third-order valence-electron chi connectivity index (χ3n) is 6.21. The predicted octanol–water partition coefficient (Wildman–Crippen LogP) is 4.20. The van der Waals surface area contributed by atoms with Gasteiger partial charge < -0.3 is 15.0 Å². The minimum absolute atomic E-state index is 0.00933. The summed E-state index contributed by atoms with van der Waals surface area (Å²) in [5, 5.41) is 22.9. The summed E-state index contributed by atoms with van der Waals surface area (Å²) in [4.78, 5) is 24.2. The van der Waals surface area contributed by atoms with Crippen molar-refractivity contribution in [1.82, 2.24) is 34.8 Å². The topological polar surface area (TPSA) is 111 Å². The Morgan fingerprint density at radius 1 is 1.26 bits per heavy atom. The number of aliphatic hydroxyl groups is 1. The Kier molecular flexibility index (Phi) is 6.37. The summed E-state index contributed by atoms with van der Waals surface area (Å²) in [6.45, 7) is 6.50. The fourth-order valence-electron chi connectivity index (χ4n) is 4.72. The SMILES string of the molecule is CC(C)(C)Cc1nc2cnc(-n3nccn3)cc2n1[C@@H]1CCC[C@H](NC(=O)c2ccc(Cl)s2)[C@H]1O. The van der Waals surface area contributed by atoms with E-state index in [1.807, 2.05) is 6.07 Å². The Hall–Kier alpha value is -2.82. The van der Waals surface area contributed by atoms with Crippen molar-refractivity contribution in [3.05, 3.63) is 51.8 Å². The second kappa shape index (κ2) is 9.33. The number of carbonyl (C=O) groups excluding carboxylic acids is 1. The van der Waals surface area contributed by atoms with Crippen molar-refractivity contribution in [1.29, 1.82) is 0 Å². The van der Waals surface area contributed by atoms with Gasteiger partial charge in [-0.2, -0.15) is 10.2 Å². The fraction of sp³-hybridized carbons (Fsp3) is 0.458. The summed E-state index contributed by atoms with van der Waals surface area (Å²) >= 11 is 7.24. The van der Waals surface area contributed by atoms with Crippen LogP contribution in [0.4, 0.5) is 0 Å². The average Bonchev–Trinajstić information content (AvgIpc) is 3.54. The Labute approximate surface area is 212 Å². The summed E-state index contributed by atoms with van der Waals surface area (Å²) in [6, 6.07) is 4.70. The first-order chi connectivity index (χ1) is 16.7. The Bertz CT molecular complexity index is 1340. The highest BCUT2D eigenvalue weighted by Crippen LogP contribution is 2.35. The number of rotatable bonds is 5. The van der Waals surface area contributed by atoms with E-state index < -0.39 is 6.10 Å². The zero-order valence-corrected chi connectivity index (χ0v) is 21.4. The third-order valence-corrected chi connectivity index (χ3v) is 7.44. The van der Waals surface area contributed by atoms with Gasteiger partial charge in [0.2, 0.25) is 0 Å². The molecule has 3 atom stereocenters. The van der Waals surface area contributed by atoms with Gasteiger partial charge in [0, 0.05) is 12.5 Å². The number of thiophene rings is 1. The van der Waals surface area contributed by atoms with E-state index in [0.717, 1.165) is 36.1 Å². The number of nitrogens with zero attached hydrogens (tertiary/aromatic N) is 6. The number of aliphatic hydroxyl groups excluding tert-OH is 1. The van der Waals surface area contributed by atoms with Crippen LogP contribution in [0, 0.1) is 5.41 Å². The van der Waals surface area contributed by atoms with Crippen LogP contribution in [0.1, 0.15) is 61.6 Å². The van der Waals surface area contributed by atoms with Crippen LogP contribution in [0.3, 0.4) is 0 Å². The molecule has 2 N–H and O–H groups in total. The number of nitrogens with one attached hydrogen (secondary N) is 1. The molecule has 0 aromatic carbocycles. The first-order valence-electron chi connectivity index (χ1n) is 11.7. The maximum Gasteiger partial charge on any atom is 0.261 e. The monoisotopic (exact) mass is 513 g/mol. The molecule has 4 aromatic heterocycles. The van der Waals surface area contributed by atoms with E-state index in [9.17, 15) is 9.90 Å². The van der Waals surface area contributed by atoms with E-state index in [-0.39, 0.29) is 23.4 Å². The van der Waals surface area contributed by atoms with Crippen molar-refractivity contribution < 1.29 is 9.90 Å². The van der Waals surface area contributed by atoms with Crippen LogP contribution in [0.15, 0.2) is 36.8 Å². The number of hydrogen-bond donors (Lipinski definition) is 2. The lowest BCUT2D eigenvalue weighted by Crippen LogP contribution is -2.49. The lowest BCUT2D eigenvalue weighted by Gasteiger charge is -2.37. The quantitative estimate of drug-likeness (QED) is 0.414. The van der Waals surface area contributed by atoms with Crippen molar-refractivity contribution in [2.24, 2.45) is 5.41 Å². The first kappa shape index (κ1) is 23.9. The zero-order valence-electron chi connectivity index (χ0n) is 19.8. The number of imidazole rings is 1. The molecule has 5 rings (SSSR count). The number of aromatic nitrogens is 6. The van der Waals surface area contributed by atoms with Gasteiger partial charge >= 0.3 is 0 Å². The molecule has 1 aliphatic carbocycles. The summed E-state index contributed by atoms with van der Waals surface area (Å²) in [5.74, 6) is 1.25. The van der Waals surface area contributed by atoms with Gasteiger partial charge in [-0.15, -0.1) is 16.1 Å². The molecule has 0 saturated heterocycles. The standard InChI is InChI=1S/C24H28ClN7O2S/c1-24(2,3)12-21-29-15-13-26-20(32-27-9-10-28-32)11-17(15)31(21)16-6-4-5-14(22(16)33)30-23(34)18-7-8-19(25)35-18/h7-11,13-14,16,22,33H,4-6,12H2,1-3H3,(H,30,34)/t14-,16+,22+/m0/s1. The molecular weight excluding hydrogens is 486 g/mol. The number of fused-ring (bicyclic) bond motifs is 1. The van der Waals surface area contributed by atoms with Crippen molar-refractivity contribution in [2.75, 3.05) is 0 Å². The van der Waals surface area contributed by atoms with E-state index in [0.29, 0.717) is 21.5 Å². The van der Waals surface area contributed by atoms with Gasteiger partial charge in [0.25, 0.3) is 5.91 Å². The molecule has 0 unspecified atom stereocenters. The zero-order chi connectivity index (χ0) is 24.7. The molecule has 0 radical (unpaired) electrons. The van der Waals surface area contributed by atoms with Crippen molar-refractivity contribution >= 4 is 39.9 Å². The van der Waals surface area contributed by atoms with Crippen LogP contribution in [-0.4, -0.2) is 52.7 Å². The molecule has 4 heterocycles. The van der Waals surface area contributed by atoms with Crippen LogP contribution in [0.25, 0.3) is 16.9 Å². The molecular formula is C24H28ClN7O2S. The molecule has 0 bridgehead atoms. The molecule has 9 nitrogen and oxygen atoms in total. The van der Waals surface area contributed by atoms with Crippen LogP contribution in [0.2, 0.25) is 4.34 Å². The number of halogens is 1. The summed E-state index contributed by atoms with van der Waals surface area (Å²) in [7, 11) is 0. The van der Waals surface area contributed by atoms with Gasteiger partial charge in [-0.05, 0) is 36.8 Å². The maximum absolute atomic E-state index is 12.8. The average molecular weight is 514 g/mol. The largest absolute Gasteiger partial charge is 0.389 e. The van der Waals surface area contributed by atoms with Crippen LogP contribution in [-0.2, 0) is 6.42 Å². The predicted molar refractivity (Wildman–Crippen MR) is 135 cm³/mol. The molecule has 184 valence electrons. The Morgan fingerprint density at radius 3 is 2.71 bits per heavy atom. The summed E-state index contributed by atoms with van der Waals surface area (Å²) in [5.41, 5.74) is 1.62. The van der Waals surface area contributed by atoms with Gasteiger partial charge in [-0.3, -0.25) is 4.79 Å². The second-order valence-electron chi connectivity index (χ2n) is 10.2. The van der Waals surface area contributed by atoms with Crippen LogP contribution >= 0.6 is 22.9 Å². The summed E-state index contributed by atoms with van der Waals surface area (Å²) in [6.07, 6.45) is 7.23. The molecule has 1 fully saturated rings. The molecule has 1 aliphatic rings. The minimum atomic E-state index is -0.779. The van der Waals surface area contributed by atoms with E-state index in [4.69, 9.17) is 16.6 Å². The Balaban J connectivity index is 1.52. The minimum Gasteiger partial charge on any atom is -0.389 e. The molecule has 1 saturated carbocycles. The third kappa shape index (κ3) is 4.96. The molecule has 4 aromatic rings. The van der Waals surface area contributed by atoms with Crippen LogP contribution < -0.4 is 5.32 Å². The Morgan fingerprint density at radius 2 is 2.03 bits per heavy atom. The molecule has 11 heteroatoms. The van der Waals surface area contributed by atoms with E-state index in [2.05, 4.69) is 45.8 Å². The first-order valence-corrected chi connectivity index (χ1v) is 12.9. The van der Waals surface area contributed by atoms with Gasteiger partial charge in [0.1, 0.15) is 11.3 Å². The number of pyridine rings is 1. The van der Waals surface area contributed by atoms with Gasteiger partial charge in [0.15, 0.2) is 5.82 Å².